The molecule has 26 heavy (non-hydrogen) atoms. The van der Waals surface area contributed by atoms with Crippen molar-refractivity contribution in [3.63, 3.8) is 0 Å². The molecule has 2 atom stereocenters. The molecule has 0 spiro atoms. The minimum atomic E-state index is -3.18. The van der Waals surface area contributed by atoms with Crippen molar-refractivity contribution < 1.29 is 27.3 Å². The van der Waals surface area contributed by atoms with Crippen LogP contribution in [0.2, 0.25) is 0 Å². The third kappa shape index (κ3) is 4.69. The third-order valence-corrected chi connectivity index (χ3v) is 6.18. The fourth-order valence-electron chi connectivity index (χ4n) is 2.97. The Morgan fingerprint density at radius 1 is 1.50 bits per heavy atom. The van der Waals surface area contributed by atoms with Gasteiger partial charge < -0.3 is 9.64 Å². The van der Waals surface area contributed by atoms with Crippen molar-refractivity contribution in [1.82, 2.24) is 4.90 Å². The fourth-order valence-corrected chi connectivity index (χ4v) is 4.68. The zero-order valence-electron chi connectivity index (χ0n) is 14.6. The number of halogens is 1. The maximum Gasteiger partial charge on any atom is 0.311 e. The van der Waals surface area contributed by atoms with E-state index < -0.39 is 44.8 Å². The topological polar surface area (TPSA) is 107 Å². The first-order chi connectivity index (χ1) is 12.1. The molecule has 1 aromatic carbocycles. The zero-order chi connectivity index (χ0) is 19.5. The third-order valence-electron chi connectivity index (χ3n) is 4.43. The Kier molecular flexibility index (Phi) is 6.17. The molecule has 1 amide bonds. The number of hydrogen-bond acceptors (Lipinski definition) is 6. The lowest BCUT2D eigenvalue weighted by Crippen LogP contribution is -2.48. The predicted octanol–water partition coefficient (Wildman–Crippen LogP) is 1.93. The van der Waals surface area contributed by atoms with Crippen LogP contribution in [-0.4, -0.2) is 54.3 Å². The number of carbonyl (C=O) groups excluding carboxylic acids is 1. The van der Waals surface area contributed by atoms with Crippen LogP contribution in [0.5, 0.6) is 5.75 Å². The molecule has 1 aromatic rings. The van der Waals surface area contributed by atoms with Crippen LogP contribution >= 0.6 is 0 Å². The molecule has 0 saturated carbocycles. The fraction of sp³-hybridized carbons (Fsp3) is 0.562. The Balaban J connectivity index is 2.16. The van der Waals surface area contributed by atoms with Gasteiger partial charge in [0.2, 0.25) is 5.75 Å². The average Bonchev–Trinajstić information content (AvgIpc) is 2.92. The van der Waals surface area contributed by atoms with E-state index in [1.165, 1.54) is 4.90 Å². The minimum absolute atomic E-state index is 0.0219. The lowest BCUT2D eigenvalue weighted by atomic mass is 10.1. The van der Waals surface area contributed by atoms with Gasteiger partial charge in [0, 0.05) is 24.2 Å². The Bertz CT molecular complexity index is 798. The van der Waals surface area contributed by atoms with Gasteiger partial charge in [-0.1, -0.05) is 6.92 Å². The summed E-state index contributed by atoms with van der Waals surface area (Å²) in [5.74, 6) is -1.64. The highest BCUT2D eigenvalue weighted by Gasteiger charge is 2.36. The summed E-state index contributed by atoms with van der Waals surface area (Å²) >= 11 is 0. The standard InChI is InChI=1S/C16H21FN2O6S/c1-3-11(2)18(13-6-7-26(23,24)10-13)16(20)9-25-15-8-12(17)4-5-14(15)19(21)22/h4-5,8,11,13H,3,6-7,9-10H2,1-2H3/t11-,13+/m0/s1. The number of nitro groups is 1. The molecule has 1 aliphatic heterocycles. The van der Waals surface area contributed by atoms with E-state index in [9.17, 15) is 27.7 Å². The van der Waals surface area contributed by atoms with Crippen LogP contribution in [0, 0.1) is 15.9 Å². The summed E-state index contributed by atoms with van der Waals surface area (Å²) in [6.45, 7) is 3.13. The Morgan fingerprint density at radius 3 is 2.73 bits per heavy atom. The summed E-state index contributed by atoms with van der Waals surface area (Å²) in [7, 11) is -3.18. The van der Waals surface area contributed by atoms with Gasteiger partial charge in [0.15, 0.2) is 16.4 Å². The number of carbonyl (C=O) groups is 1. The Hall–Kier alpha value is -2.23. The molecule has 0 bridgehead atoms. The van der Waals surface area contributed by atoms with Gasteiger partial charge in [0.05, 0.1) is 16.4 Å². The van der Waals surface area contributed by atoms with E-state index in [1.54, 1.807) is 6.92 Å². The van der Waals surface area contributed by atoms with Crippen LogP contribution in [0.15, 0.2) is 18.2 Å². The molecule has 0 unspecified atom stereocenters. The summed E-state index contributed by atoms with van der Waals surface area (Å²) in [5, 5.41) is 11.0. The smallest absolute Gasteiger partial charge is 0.311 e. The summed E-state index contributed by atoms with van der Waals surface area (Å²) in [6.07, 6.45) is 0.959. The highest BCUT2D eigenvalue weighted by atomic mass is 32.2. The molecule has 1 aliphatic rings. The highest BCUT2D eigenvalue weighted by molar-refractivity contribution is 7.91. The van der Waals surface area contributed by atoms with E-state index in [0.29, 0.717) is 12.8 Å². The average molecular weight is 388 g/mol. The second-order valence-corrected chi connectivity index (χ2v) is 8.50. The van der Waals surface area contributed by atoms with E-state index in [2.05, 4.69) is 0 Å². The van der Waals surface area contributed by atoms with E-state index in [4.69, 9.17) is 4.74 Å². The molecular formula is C16H21FN2O6S. The maximum absolute atomic E-state index is 13.3. The molecule has 2 rings (SSSR count). The monoisotopic (exact) mass is 388 g/mol. The zero-order valence-corrected chi connectivity index (χ0v) is 15.4. The first-order valence-corrected chi connectivity index (χ1v) is 10.0. The van der Waals surface area contributed by atoms with Crippen LogP contribution in [0.25, 0.3) is 0 Å². The van der Waals surface area contributed by atoms with Gasteiger partial charge in [-0.15, -0.1) is 0 Å². The summed E-state index contributed by atoms with van der Waals surface area (Å²) in [4.78, 5) is 24.4. The molecule has 0 N–H and O–H groups in total. The number of amides is 1. The van der Waals surface area contributed by atoms with Crippen LogP contribution in [0.4, 0.5) is 10.1 Å². The molecule has 144 valence electrons. The number of ether oxygens (including phenoxy) is 1. The second kappa shape index (κ2) is 7.98. The van der Waals surface area contributed by atoms with Crippen molar-refractivity contribution in [1.29, 1.82) is 0 Å². The van der Waals surface area contributed by atoms with Crippen LogP contribution in [-0.2, 0) is 14.6 Å². The summed E-state index contributed by atoms with van der Waals surface area (Å²) in [5.41, 5.74) is -0.447. The van der Waals surface area contributed by atoms with Crippen molar-refractivity contribution in [3.05, 3.63) is 34.1 Å². The molecule has 0 aromatic heterocycles. The van der Waals surface area contributed by atoms with E-state index in [0.717, 1.165) is 18.2 Å². The predicted molar refractivity (Wildman–Crippen MR) is 92.2 cm³/mol. The molecule has 1 saturated heterocycles. The van der Waals surface area contributed by atoms with Crippen molar-refractivity contribution in [2.45, 2.75) is 38.8 Å². The lowest BCUT2D eigenvalue weighted by Gasteiger charge is -2.33. The number of hydrogen-bond donors (Lipinski definition) is 0. The second-order valence-electron chi connectivity index (χ2n) is 6.27. The molecule has 8 nitrogen and oxygen atoms in total. The van der Waals surface area contributed by atoms with Crippen molar-refractivity contribution in [3.8, 4) is 5.75 Å². The van der Waals surface area contributed by atoms with Crippen LogP contribution in [0.1, 0.15) is 26.7 Å². The van der Waals surface area contributed by atoms with E-state index in [1.807, 2.05) is 6.92 Å². The number of nitrogens with zero attached hydrogens (tertiary/aromatic N) is 2. The first-order valence-electron chi connectivity index (χ1n) is 8.23. The Morgan fingerprint density at radius 2 is 2.19 bits per heavy atom. The number of nitro benzene ring substituents is 1. The van der Waals surface area contributed by atoms with Gasteiger partial charge >= 0.3 is 5.69 Å². The molecule has 1 fully saturated rings. The van der Waals surface area contributed by atoms with E-state index >= 15 is 0 Å². The Labute approximate surface area is 151 Å². The van der Waals surface area contributed by atoms with Gasteiger partial charge in [-0.3, -0.25) is 14.9 Å². The summed E-state index contributed by atoms with van der Waals surface area (Å²) < 4.78 is 42.0. The molecule has 0 aliphatic carbocycles. The van der Waals surface area contributed by atoms with Crippen molar-refractivity contribution in [2.75, 3.05) is 18.1 Å². The van der Waals surface area contributed by atoms with Crippen LogP contribution in [0.3, 0.4) is 0 Å². The van der Waals surface area contributed by atoms with Crippen molar-refractivity contribution in [2.24, 2.45) is 0 Å². The molecule has 0 radical (unpaired) electrons. The first kappa shape index (κ1) is 20.1. The van der Waals surface area contributed by atoms with E-state index in [-0.39, 0.29) is 23.3 Å². The van der Waals surface area contributed by atoms with Gasteiger partial charge in [-0.05, 0) is 25.8 Å². The van der Waals surface area contributed by atoms with Crippen LogP contribution < -0.4 is 4.74 Å². The van der Waals surface area contributed by atoms with Gasteiger partial charge in [-0.2, -0.15) is 0 Å². The van der Waals surface area contributed by atoms with Gasteiger partial charge in [-0.25, -0.2) is 12.8 Å². The molecule has 10 heteroatoms. The highest BCUT2D eigenvalue weighted by Crippen LogP contribution is 2.28. The largest absolute Gasteiger partial charge is 0.477 e. The van der Waals surface area contributed by atoms with Gasteiger partial charge in [0.1, 0.15) is 5.82 Å². The quantitative estimate of drug-likeness (QED) is 0.522. The van der Waals surface area contributed by atoms with Crippen molar-refractivity contribution >= 4 is 21.4 Å². The molecular weight excluding hydrogens is 367 g/mol. The summed E-state index contributed by atoms with van der Waals surface area (Å²) in [6, 6.07) is 2.08. The lowest BCUT2D eigenvalue weighted by molar-refractivity contribution is -0.385. The molecule has 1 heterocycles. The maximum atomic E-state index is 13.3. The number of sulfone groups is 1. The normalized spacial score (nSPS) is 19.7. The minimum Gasteiger partial charge on any atom is -0.477 e. The SMILES string of the molecule is CC[C@H](C)N(C(=O)COc1cc(F)ccc1[N+](=O)[O-])[C@@H]1CCS(=O)(=O)C1. The van der Waals surface area contributed by atoms with Gasteiger partial charge in [0.25, 0.3) is 5.91 Å². The number of rotatable bonds is 7. The number of benzene rings is 1.